The molecule has 0 atom stereocenters. The maximum atomic E-state index is 11.6. The van der Waals surface area contributed by atoms with E-state index in [0.717, 1.165) is 58.7 Å². The minimum Gasteiger partial charge on any atom is -0.355 e. The highest BCUT2D eigenvalue weighted by atomic mass is 16.2. The van der Waals surface area contributed by atoms with Crippen LogP contribution in [0.4, 0.5) is 0 Å². The Morgan fingerprint density at radius 1 is 1.05 bits per heavy atom. The number of nitrogens with one attached hydrogen (secondary N) is 1. The first-order chi connectivity index (χ1) is 10.3. The molecule has 2 aliphatic rings. The van der Waals surface area contributed by atoms with Crippen molar-refractivity contribution in [3.05, 3.63) is 35.9 Å². The lowest BCUT2D eigenvalue weighted by Crippen LogP contribution is -2.48. The van der Waals surface area contributed by atoms with Gasteiger partial charge in [-0.2, -0.15) is 0 Å². The van der Waals surface area contributed by atoms with Crippen molar-refractivity contribution in [2.75, 3.05) is 39.3 Å². The van der Waals surface area contributed by atoms with E-state index in [2.05, 4.69) is 45.4 Å². The van der Waals surface area contributed by atoms with Gasteiger partial charge in [-0.25, -0.2) is 0 Å². The third-order valence-corrected chi connectivity index (χ3v) is 4.39. The molecule has 3 rings (SSSR count). The van der Waals surface area contributed by atoms with Crippen molar-refractivity contribution in [2.45, 2.75) is 19.4 Å². The summed E-state index contributed by atoms with van der Waals surface area (Å²) >= 11 is 0. The average molecular weight is 287 g/mol. The molecule has 0 radical (unpaired) electrons. The van der Waals surface area contributed by atoms with Gasteiger partial charge in [-0.05, 0) is 18.4 Å². The van der Waals surface area contributed by atoms with E-state index in [1.165, 1.54) is 5.56 Å². The zero-order valence-electron chi connectivity index (χ0n) is 12.6. The van der Waals surface area contributed by atoms with Crippen LogP contribution in [0, 0.1) is 5.92 Å². The Bertz CT molecular complexity index is 450. The number of hydrogen-bond donors (Lipinski definition) is 1. The van der Waals surface area contributed by atoms with Crippen molar-refractivity contribution in [1.29, 1.82) is 0 Å². The first-order valence-corrected chi connectivity index (χ1v) is 8.07. The highest BCUT2D eigenvalue weighted by molar-refractivity contribution is 5.80. The molecule has 4 nitrogen and oxygen atoms in total. The molecule has 1 saturated carbocycles. The Balaban J connectivity index is 1.32. The van der Waals surface area contributed by atoms with Crippen molar-refractivity contribution in [3.8, 4) is 0 Å². The molecule has 2 fully saturated rings. The molecule has 1 aliphatic carbocycles. The number of nitrogens with zero attached hydrogens (tertiary/aromatic N) is 2. The molecule has 1 N–H and O–H groups in total. The maximum Gasteiger partial charge on any atom is 0.223 e. The van der Waals surface area contributed by atoms with Crippen molar-refractivity contribution in [3.63, 3.8) is 0 Å². The summed E-state index contributed by atoms with van der Waals surface area (Å²) < 4.78 is 0. The predicted molar refractivity (Wildman–Crippen MR) is 83.9 cm³/mol. The molecular weight excluding hydrogens is 262 g/mol. The highest BCUT2D eigenvalue weighted by Gasteiger charge is 2.29. The zero-order valence-corrected chi connectivity index (χ0v) is 12.6. The predicted octanol–water partition coefficient (Wildman–Crippen LogP) is 1.33. The van der Waals surface area contributed by atoms with Crippen LogP contribution < -0.4 is 5.32 Å². The average Bonchev–Trinajstić information content (AvgIpc) is 3.35. The van der Waals surface area contributed by atoms with Crippen LogP contribution >= 0.6 is 0 Å². The summed E-state index contributed by atoms with van der Waals surface area (Å²) in [6, 6.07) is 10.7. The normalized spacial score (nSPS) is 20.4. The molecule has 0 aromatic heterocycles. The number of carbonyl (C=O) groups excluding carboxylic acids is 1. The summed E-state index contributed by atoms with van der Waals surface area (Å²) in [6.45, 7) is 7.27. The minimum atomic E-state index is 0.262. The lowest BCUT2D eigenvalue weighted by atomic mass is 10.2. The smallest absolute Gasteiger partial charge is 0.223 e. The van der Waals surface area contributed by atoms with Crippen LogP contribution in [0.3, 0.4) is 0 Å². The fourth-order valence-corrected chi connectivity index (χ4v) is 2.84. The van der Waals surface area contributed by atoms with Crippen LogP contribution in [-0.4, -0.2) is 55.0 Å². The van der Waals surface area contributed by atoms with Crippen molar-refractivity contribution in [2.24, 2.45) is 5.92 Å². The molecule has 1 saturated heterocycles. The topological polar surface area (TPSA) is 35.6 Å². The minimum absolute atomic E-state index is 0.262. The molecule has 1 heterocycles. The summed E-state index contributed by atoms with van der Waals surface area (Å²) in [7, 11) is 0. The SMILES string of the molecule is O=C(NCCN1CCN(Cc2ccccc2)CC1)C1CC1. The summed E-state index contributed by atoms with van der Waals surface area (Å²) in [5.74, 6) is 0.588. The third kappa shape index (κ3) is 4.55. The van der Waals surface area contributed by atoms with Gasteiger partial charge in [0.25, 0.3) is 0 Å². The Kier molecular flexibility index (Phi) is 4.88. The molecule has 4 heteroatoms. The molecule has 0 spiro atoms. The van der Waals surface area contributed by atoms with Gasteiger partial charge in [0.1, 0.15) is 0 Å². The van der Waals surface area contributed by atoms with Crippen LogP contribution in [0.2, 0.25) is 0 Å². The standard InChI is InChI=1S/C17H25N3O/c21-17(16-6-7-16)18-8-9-19-10-12-20(13-11-19)14-15-4-2-1-3-5-15/h1-5,16H,6-14H2,(H,18,21). The molecule has 1 aromatic rings. The number of amides is 1. The largest absolute Gasteiger partial charge is 0.355 e. The molecule has 1 amide bonds. The van der Waals surface area contributed by atoms with Crippen LogP contribution in [-0.2, 0) is 11.3 Å². The monoisotopic (exact) mass is 287 g/mol. The van der Waals surface area contributed by atoms with E-state index in [0.29, 0.717) is 5.92 Å². The highest BCUT2D eigenvalue weighted by Crippen LogP contribution is 2.28. The van der Waals surface area contributed by atoms with E-state index >= 15 is 0 Å². The molecule has 21 heavy (non-hydrogen) atoms. The van der Waals surface area contributed by atoms with Gasteiger partial charge >= 0.3 is 0 Å². The number of benzene rings is 1. The van der Waals surface area contributed by atoms with E-state index in [-0.39, 0.29) is 5.91 Å². The molecule has 0 bridgehead atoms. The molecule has 114 valence electrons. The van der Waals surface area contributed by atoms with Gasteiger partial charge in [-0.1, -0.05) is 30.3 Å². The fourth-order valence-electron chi connectivity index (χ4n) is 2.84. The van der Waals surface area contributed by atoms with Crippen LogP contribution in [0.25, 0.3) is 0 Å². The van der Waals surface area contributed by atoms with Gasteiger partial charge in [0.15, 0.2) is 0 Å². The molecule has 1 aromatic carbocycles. The van der Waals surface area contributed by atoms with Gasteiger partial charge in [-0.3, -0.25) is 14.6 Å². The van der Waals surface area contributed by atoms with Gasteiger partial charge in [0.2, 0.25) is 5.91 Å². The quantitative estimate of drug-likeness (QED) is 0.857. The van der Waals surface area contributed by atoms with E-state index in [9.17, 15) is 4.79 Å². The first-order valence-electron chi connectivity index (χ1n) is 8.07. The lowest BCUT2D eigenvalue weighted by molar-refractivity contribution is -0.122. The van der Waals surface area contributed by atoms with E-state index in [1.807, 2.05) is 0 Å². The third-order valence-electron chi connectivity index (χ3n) is 4.39. The number of piperazine rings is 1. The zero-order chi connectivity index (χ0) is 14.5. The van der Waals surface area contributed by atoms with Crippen molar-refractivity contribution in [1.82, 2.24) is 15.1 Å². The lowest BCUT2D eigenvalue weighted by Gasteiger charge is -2.34. The van der Waals surface area contributed by atoms with Crippen molar-refractivity contribution < 1.29 is 4.79 Å². The second-order valence-corrected chi connectivity index (χ2v) is 6.17. The maximum absolute atomic E-state index is 11.6. The Morgan fingerprint density at radius 3 is 2.38 bits per heavy atom. The van der Waals surface area contributed by atoms with Gasteiger partial charge in [-0.15, -0.1) is 0 Å². The van der Waals surface area contributed by atoms with E-state index < -0.39 is 0 Å². The van der Waals surface area contributed by atoms with E-state index in [4.69, 9.17) is 0 Å². The van der Waals surface area contributed by atoms with Crippen LogP contribution in [0.5, 0.6) is 0 Å². The molecule has 1 aliphatic heterocycles. The van der Waals surface area contributed by atoms with Crippen LogP contribution in [0.15, 0.2) is 30.3 Å². The second-order valence-electron chi connectivity index (χ2n) is 6.17. The molecular formula is C17H25N3O. The summed E-state index contributed by atoms with van der Waals surface area (Å²) in [4.78, 5) is 16.5. The van der Waals surface area contributed by atoms with E-state index in [1.54, 1.807) is 0 Å². The number of carbonyl (C=O) groups is 1. The van der Waals surface area contributed by atoms with Crippen molar-refractivity contribution >= 4 is 5.91 Å². The van der Waals surface area contributed by atoms with Gasteiger partial charge in [0, 0.05) is 51.7 Å². The van der Waals surface area contributed by atoms with Gasteiger partial charge in [0.05, 0.1) is 0 Å². The summed E-state index contributed by atoms with van der Waals surface area (Å²) in [5.41, 5.74) is 1.39. The number of rotatable bonds is 6. The summed E-state index contributed by atoms with van der Waals surface area (Å²) in [6.07, 6.45) is 2.17. The Labute approximate surface area is 127 Å². The first kappa shape index (κ1) is 14.5. The Morgan fingerprint density at radius 2 is 1.71 bits per heavy atom. The second kappa shape index (κ2) is 7.05. The van der Waals surface area contributed by atoms with Crippen LogP contribution in [0.1, 0.15) is 18.4 Å². The summed E-state index contributed by atoms with van der Waals surface area (Å²) in [5, 5.41) is 3.05. The van der Waals surface area contributed by atoms with Gasteiger partial charge < -0.3 is 5.32 Å². The number of hydrogen-bond acceptors (Lipinski definition) is 3. The fraction of sp³-hybridized carbons (Fsp3) is 0.588. The Hall–Kier alpha value is -1.39. The molecule has 0 unspecified atom stereocenters.